The minimum absolute atomic E-state index is 0.216. The van der Waals surface area contributed by atoms with Gasteiger partial charge in [0, 0.05) is 23.9 Å². The molecule has 1 N–H and O–H groups in total. The Morgan fingerprint density at radius 2 is 1.71 bits per heavy atom. The van der Waals surface area contributed by atoms with Gasteiger partial charge in [0.15, 0.2) is 0 Å². The van der Waals surface area contributed by atoms with Gasteiger partial charge in [-0.05, 0) is 61.2 Å². The zero-order valence-electron chi connectivity index (χ0n) is 14.5. The number of halogens is 1. The Morgan fingerprint density at radius 3 is 2.33 bits per heavy atom. The first kappa shape index (κ1) is 16.6. The fourth-order valence-electron chi connectivity index (χ4n) is 3.20. The number of hydrogen-bond donors (Lipinski definition) is 1. The van der Waals surface area contributed by atoms with Gasteiger partial charge in [-0.1, -0.05) is 26.0 Å². The Kier molecular flexibility index (Phi) is 4.61. The first-order chi connectivity index (χ1) is 11.6. The van der Waals surface area contributed by atoms with Crippen molar-refractivity contribution in [2.45, 2.75) is 39.2 Å². The van der Waals surface area contributed by atoms with Crippen LogP contribution in [0, 0.1) is 5.82 Å². The van der Waals surface area contributed by atoms with Gasteiger partial charge in [0.1, 0.15) is 17.2 Å². The number of benzene rings is 2. The zero-order chi connectivity index (χ0) is 17.2. The second-order valence-electron chi connectivity index (χ2n) is 6.18. The molecule has 2 aromatic carbocycles. The maximum Gasteiger partial charge on any atom is 0.130 e. The highest BCUT2D eigenvalue weighted by Crippen LogP contribution is 2.43. The summed E-state index contributed by atoms with van der Waals surface area (Å²) < 4.78 is 19.7. The smallest absolute Gasteiger partial charge is 0.130 e. The average Bonchev–Trinajstić information content (AvgIpc) is 2.61. The molecule has 0 unspecified atom stereocenters. The van der Waals surface area contributed by atoms with Gasteiger partial charge in [-0.15, -0.1) is 0 Å². The number of fused-ring (bicyclic) bond motifs is 1. The molecule has 0 atom stereocenters. The van der Waals surface area contributed by atoms with Gasteiger partial charge in [-0.25, -0.2) is 4.39 Å². The van der Waals surface area contributed by atoms with Gasteiger partial charge in [0.05, 0.1) is 0 Å². The van der Waals surface area contributed by atoms with Crippen molar-refractivity contribution in [1.29, 1.82) is 0 Å². The summed E-state index contributed by atoms with van der Waals surface area (Å²) in [5.41, 5.74) is 3.92. The lowest BCUT2D eigenvalue weighted by Crippen LogP contribution is -2.35. The van der Waals surface area contributed by atoms with Crippen LogP contribution >= 0.6 is 0 Å². The summed E-state index contributed by atoms with van der Waals surface area (Å²) in [6, 6.07) is 12.9. The third kappa shape index (κ3) is 3.03. The van der Waals surface area contributed by atoms with Gasteiger partial charge >= 0.3 is 0 Å². The van der Waals surface area contributed by atoms with Crippen LogP contribution in [0.5, 0.6) is 5.75 Å². The highest BCUT2D eigenvalue weighted by atomic mass is 19.1. The van der Waals surface area contributed by atoms with Crippen molar-refractivity contribution in [1.82, 2.24) is 0 Å². The molecule has 24 heavy (non-hydrogen) atoms. The number of rotatable bonds is 5. The molecule has 0 spiro atoms. The van der Waals surface area contributed by atoms with Gasteiger partial charge < -0.3 is 10.1 Å². The van der Waals surface area contributed by atoms with Crippen molar-refractivity contribution >= 4 is 11.3 Å². The van der Waals surface area contributed by atoms with Crippen LogP contribution < -0.4 is 10.1 Å². The van der Waals surface area contributed by atoms with Crippen molar-refractivity contribution < 1.29 is 9.13 Å². The zero-order valence-corrected chi connectivity index (χ0v) is 14.5. The normalized spacial score (nSPS) is 15.2. The van der Waals surface area contributed by atoms with Gasteiger partial charge in [-0.2, -0.15) is 0 Å². The van der Waals surface area contributed by atoms with E-state index in [2.05, 4.69) is 50.4 Å². The summed E-state index contributed by atoms with van der Waals surface area (Å²) in [6.07, 6.45) is 3.98. The lowest BCUT2D eigenvalue weighted by atomic mass is 9.85. The van der Waals surface area contributed by atoms with Crippen molar-refractivity contribution in [3.05, 3.63) is 65.5 Å². The highest BCUT2D eigenvalue weighted by Gasteiger charge is 2.32. The molecule has 3 heteroatoms. The summed E-state index contributed by atoms with van der Waals surface area (Å²) >= 11 is 0. The van der Waals surface area contributed by atoms with E-state index in [1.165, 1.54) is 12.1 Å². The Bertz CT molecular complexity index is 745. The van der Waals surface area contributed by atoms with E-state index in [-0.39, 0.29) is 11.4 Å². The lowest BCUT2D eigenvalue weighted by molar-refractivity contribution is 0.108. The summed E-state index contributed by atoms with van der Waals surface area (Å²) in [7, 11) is 0. The van der Waals surface area contributed by atoms with Crippen LogP contribution in [0.25, 0.3) is 5.57 Å². The third-order valence-electron chi connectivity index (χ3n) is 4.73. The molecule has 126 valence electrons. The molecular weight excluding hydrogens is 301 g/mol. The largest absolute Gasteiger partial charge is 0.482 e. The molecule has 2 nitrogen and oxygen atoms in total. The van der Waals surface area contributed by atoms with Crippen molar-refractivity contribution in [3.8, 4) is 5.75 Å². The summed E-state index contributed by atoms with van der Waals surface area (Å²) in [6.45, 7) is 7.22. The van der Waals surface area contributed by atoms with E-state index in [1.54, 1.807) is 0 Å². The SMILES string of the molecule is CCNc1ccc2c(c1)OC(CC)(CC)C=C2c1ccc(F)cc1. The predicted molar refractivity (Wildman–Crippen MR) is 98.0 cm³/mol. The molecule has 1 heterocycles. The minimum Gasteiger partial charge on any atom is -0.482 e. The molecule has 0 fully saturated rings. The Labute approximate surface area is 143 Å². The molecule has 0 saturated carbocycles. The van der Waals surface area contributed by atoms with Gasteiger partial charge in [0.2, 0.25) is 0 Å². The molecule has 0 bridgehead atoms. The summed E-state index contributed by atoms with van der Waals surface area (Å²) in [4.78, 5) is 0. The first-order valence-corrected chi connectivity index (χ1v) is 8.67. The molecule has 0 amide bonds. The molecular formula is C21H24FNO. The van der Waals surface area contributed by atoms with Crippen LogP contribution in [0.1, 0.15) is 44.7 Å². The van der Waals surface area contributed by atoms with E-state index in [0.717, 1.165) is 47.5 Å². The van der Waals surface area contributed by atoms with E-state index >= 15 is 0 Å². The molecule has 1 aliphatic heterocycles. The minimum atomic E-state index is -0.318. The number of anilines is 1. The Hall–Kier alpha value is -2.29. The summed E-state index contributed by atoms with van der Waals surface area (Å²) in [5, 5.41) is 3.33. The van der Waals surface area contributed by atoms with E-state index in [9.17, 15) is 4.39 Å². The topological polar surface area (TPSA) is 21.3 Å². The van der Waals surface area contributed by atoms with Gasteiger partial charge in [-0.3, -0.25) is 0 Å². The Morgan fingerprint density at radius 1 is 1.00 bits per heavy atom. The fourth-order valence-corrected chi connectivity index (χ4v) is 3.20. The van der Waals surface area contributed by atoms with Crippen molar-refractivity contribution in [2.75, 3.05) is 11.9 Å². The highest BCUT2D eigenvalue weighted by molar-refractivity contribution is 5.85. The van der Waals surface area contributed by atoms with E-state index in [1.807, 2.05) is 12.1 Å². The second kappa shape index (κ2) is 6.68. The number of ether oxygens (including phenoxy) is 1. The predicted octanol–water partition coefficient (Wildman–Crippen LogP) is 5.64. The molecule has 0 radical (unpaired) electrons. The lowest BCUT2D eigenvalue weighted by Gasteiger charge is -2.36. The fraction of sp³-hybridized carbons (Fsp3) is 0.333. The molecule has 0 aliphatic carbocycles. The third-order valence-corrected chi connectivity index (χ3v) is 4.73. The summed E-state index contributed by atoms with van der Waals surface area (Å²) in [5.74, 6) is 0.672. The van der Waals surface area contributed by atoms with E-state index < -0.39 is 0 Å². The average molecular weight is 325 g/mol. The van der Waals surface area contributed by atoms with Crippen LogP contribution in [0.4, 0.5) is 10.1 Å². The quantitative estimate of drug-likeness (QED) is 0.768. The van der Waals surface area contributed by atoms with Crippen LogP contribution in [-0.2, 0) is 0 Å². The van der Waals surface area contributed by atoms with Gasteiger partial charge in [0.25, 0.3) is 0 Å². The number of hydrogen-bond acceptors (Lipinski definition) is 2. The van der Waals surface area contributed by atoms with Crippen LogP contribution in [0.2, 0.25) is 0 Å². The van der Waals surface area contributed by atoms with Crippen molar-refractivity contribution in [2.24, 2.45) is 0 Å². The molecule has 2 aromatic rings. The van der Waals surface area contributed by atoms with Crippen molar-refractivity contribution in [3.63, 3.8) is 0 Å². The standard InChI is InChI=1S/C21H24FNO/c1-4-21(5-2)14-19(15-7-9-16(22)10-8-15)18-12-11-17(23-6-3)13-20(18)24-21/h7-14,23H,4-6H2,1-3H3. The number of nitrogens with one attached hydrogen (secondary N) is 1. The van der Waals surface area contributed by atoms with Crippen LogP contribution in [0.15, 0.2) is 48.5 Å². The van der Waals surface area contributed by atoms with Crippen LogP contribution in [-0.4, -0.2) is 12.1 Å². The van der Waals surface area contributed by atoms with Crippen LogP contribution in [0.3, 0.4) is 0 Å². The maximum atomic E-state index is 13.3. The maximum absolute atomic E-state index is 13.3. The second-order valence-corrected chi connectivity index (χ2v) is 6.18. The Balaban J connectivity index is 2.14. The molecule has 1 aliphatic rings. The molecule has 0 saturated heterocycles. The van der Waals surface area contributed by atoms with E-state index in [0.29, 0.717) is 0 Å². The monoisotopic (exact) mass is 325 g/mol. The van der Waals surface area contributed by atoms with E-state index in [4.69, 9.17) is 4.74 Å². The molecule has 3 rings (SSSR count). The molecule has 0 aromatic heterocycles. The first-order valence-electron chi connectivity index (χ1n) is 8.67.